The number of nitriles is 1. The Kier molecular flexibility index (Phi) is 4.85. The molecular formula is C15H18N2O3. The van der Waals surface area contributed by atoms with Crippen molar-refractivity contribution in [3.8, 4) is 6.07 Å². The molecule has 0 spiro atoms. The Bertz CT molecular complexity index is 507. The molecule has 0 radical (unpaired) electrons. The highest BCUT2D eigenvalue weighted by Gasteiger charge is 2.27. The predicted octanol–water partition coefficient (Wildman–Crippen LogP) is 0.823. The molecule has 1 aromatic rings. The van der Waals surface area contributed by atoms with Gasteiger partial charge in [-0.25, -0.2) is 0 Å². The number of carbonyl (C=O) groups excluding carboxylic acids is 1. The van der Waals surface area contributed by atoms with Crippen LogP contribution in [0.5, 0.6) is 0 Å². The van der Waals surface area contributed by atoms with E-state index in [4.69, 9.17) is 15.1 Å². The van der Waals surface area contributed by atoms with Gasteiger partial charge in [0.1, 0.15) is 0 Å². The molecule has 2 rings (SSSR count). The van der Waals surface area contributed by atoms with E-state index in [0.717, 1.165) is 0 Å². The SMILES string of the molecule is CC1COC(CO)CN1CC(=O)c1ccc(C#N)cc1. The van der Waals surface area contributed by atoms with E-state index in [1.165, 1.54) is 0 Å². The van der Waals surface area contributed by atoms with E-state index in [9.17, 15) is 4.79 Å². The molecule has 0 amide bonds. The van der Waals surface area contributed by atoms with E-state index in [2.05, 4.69) is 0 Å². The van der Waals surface area contributed by atoms with Gasteiger partial charge in [0.25, 0.3) is 0 Å². The fourth-order valence-electron chi connectivity index (χ4n) is 2.21. The third-order valence-corrected chi connectivity index (χ3v) is 3.52. The van der Waals surface area contributed by atoms with Crippen LogP contribution in [0.25, 0.3) is 0 Å². The number of ether oxygens (including phenoxy) is 1. The minimum atomic E-state index is -0.222. The normalized spacial score (nSPS) is 23.2. The average molecular weight is 274 g/mol. The van der Waals surface area contributed by atoms with Crippen LogP contribution in [0.1, 0.15) is 22.8 Å². The molecule has 1 saturated heterocycles. The van der Waals surface area contributed by atoms with E-state index in [-0.39, 0.29) is 24.5 Å². The van der Waals surface area contributed by atoms with Gasteiger partial charge >= 0.3 is 0 Å². The predicted molar refractivity (Wildman–Crippen MR) is 73.3 cm³/mol. The molecule has 0 aromatic heterocycles. The number of carbonyl (C=O) groups is 1. The summed E-state index contributed by atoms with van der Waals surface area (Å²) in [7, 11) is 0. The number of hydrogen-bond acceptors (Lipinski definition) is 5. The first-order chi connectivity index (χ1) is 9.63. The van der Waals surface area contributed by atoms with Crippen LogP contribution in [0.4, 0.5) is 0 Å². The first kappa shape index (κ1) is 14.7. The Balaban J connectivity index is 2.00. The quantitative estimate of drug-likeness (QED) is 0.823. The Hall–Kier alpha value is -1.74. The largest absolute Gasteiger partial charge is 0.394 e. The maximum atomic E-state index is 12.2. The topological polar surface area (TPSA) is 73.6 Å². The van der Waals surface area contributed by atoms with Crippen molar-refractivity contribution in [1.29, 1.82) is 5.26 Å². The van der Waals surface area contributed by atoms with Gasteiger partial charge in [-0.15, -0.1) is 0 Å². The number of nitrogens with zero attached hydrogens (tertiary/aromatic N) is 2. The van der Waals surface area contributed by atoms with Crippen molar-refractivity contribution in [3.05, 3.63) is 35.4 Å². The van der Waals surface area contributed by atoms with E-state index >= 15 is 0 Å². The van der Waals surface area contributed by atoms with Crippen LogP contribution in [0.3, 0.4) is 0 Å². The van der Waals surface area contributed by atoms with Gasteiger partial charge in [0.05, 0.1) is 37.5 Å². The molecule has 1 N–H and O–H groups in total. The lowest BCUT2D eigenvalue weighted by atomic mass is 10.1. The smallest absolute Gasteiger partial charge is 0.176 e. The molecule has 20 heavy (non-hydrogen) atoms. The maximum absolute atomic E-state index is 12.2. The molecule has 1 aliphatic heterocycles. The molecule has 0 saturated carbocycles. The molecule has 1 aliphatic rings. The number of ketones is 1. The van der Waals surface area contributed by atoms with Gasteiger partial charge in [0.2, 0.25) is 0 Å². The van der Waals surface area contributed by atoms with Crippen LogP contribution in [0, 0.1) is 11.3 Å². The molecule has 1 aromatic carbocycles. The summed E-state index contributed by atoms with van der Waals surface area (Å²) in [6, 6.07) is 8.82. The zero-order valence-corrected chi connectivity index (χ0v) is 11.5. The van der Waals surface area contributed by atoms with Crippen molar-refractivity contribution in [2.75, 3.05) is 26.3 Å². The summed E-state index contributed by atoms with van der Waals surface area (Å²) in [4.78, 5) is 14.2. The number of morpholine rings is 1. The summed E-state index contributed by atoms with van der Waals surface area (Å²) in [5.74, 6) is 0.0138. The lowest BCUT2D eigenvalue weighted by molar-refractivity contribution is -0.0747. The zero-order chi connectivity index (χ0) is 14.5. The van der Waals surface area contributed by atoms with Crippen molar-refractivity contribution in [2.45, 2.75) is 19.1 Å². The summed E-state index contributed by atoms with van der Waals surface area (Å²) >= 11 is 0. The van der Waals surface area contributed by atoms with Gasteiger partial charge in [-0.05, 0) is 19.1 Å². The van der Waals surface area contributed by atoms with Crippen molar-refractivity contribution >= 4 is 5.78 Å². The number of aliphatic hydroxyl groups is 1. The lowest BCUT2D eigenvalue weighted by Crippen LogP contribution is -2.51. The molecular weight excluding hydrogens is 256 g/mol. The number of hydrogen-bond donors (Lipinski definition) is 1. The molecule has 1 fully saturated rings. The number of Topliss-reactive ketones (excluding diaryl/α,β-unsaturated/α-hetero) is 1. The van der Waals surface area contributed by atoms with E-state index in [1.807, 2.05) is 17.9 Å². The zero-order valence-electron chi connectivity index (χ0n) is 11.5. The molecule has 1 heterocycles. The molecule has 0 aliphatic carbocycles. The van der Waals surface area contributed by atoms with E-state index in [0.29, 0.717) is 30.8 Å². The van der Waals surface area contributed by atoms with Crippen LogP contribution < -0.4 is 0 Å². The van der Waals surface area contributed by atoms with E-state index in [1.54, 1.807) is 24.3 Å². The van der Waals surface area contributed by atoms with Crippen LogP contribution >= 0.6 is 0 Å². The highest BCUT2D eigenvalue weighted by atomic mass is 16.5. The second-order valence-corrected chi connectivity index (χ2v) is 5.03. The van der Waals surface area contributed by atoms with Crippen molar-refractivity contribution in [1.82, 2.24) is 4.90 Å². The maximum Gasteiger partial charge on any atom is 0.176 e. The van der Waals surface area contributed by atoms with E-state index < -0.39 is 0 Å². The molecule has 0 bridgehead atoms. The fraction of sp³-hybridized carbons (Fsp3) is 0.467. The minimum Gasteiger partial charge on any atom is -0.394 e. The Morgan fingerprint density at radius 2 is 2.20 bits per heavy atom. The first-order valence-corrected chi connectivity index (χ1v) is 6.64. The lowest BCUT2D eigenvalue weighted by Gasteiger charge is -2.36. The Labute approximate surface area is 118 Å². The van der Waals surface area contributed by atoms with Crippen molar-refractivity contribution in [2.24, 2.45) is 0 Å². The molecule has 106 valence electrons. The van der Waals surface area contributed by atoms with Crippen LogP contribution in [0.2, 0.25) is 0 Å². The van der Waals surface area contributed by atoms with Crippen LogP contribution in [0.15, 0.2) is 24.3 Å². The first-order valence-electron chi connectivity index (χ1n) is 6.64. The summed E-state index contributed by atoms with van der Waals surface area (Å²) in [5.41, 5.74) is 1.14. The summed E-state index contributed by atoms with van der Waals surface area (Å²) in [6.45, 7) is 3.34. The number of aliphatic hydroxyl groups excluding tert-OH is 1. The number of rotatable bonds is 4. The van der Waals surface area contributed by atoms with Gasteiger partial charge in [-0.1, -0.05) is 12.1 Å². The second kappa shape index (κ2) is 6.62. The summed E-state index contributed by atoms with van der Waals surface area (Å²) < 4.78 is 5.45. The van der Waals surface area contributed by atoms with Crippen molar-refractivity contribution < 1.29 is 14.6 Å². The number of benzene rings is 1. The third kappa shape index (κ3) is 3.42. The second-order valence-electron chi connectivity index (χ2n) is 5.03. The Morgan fingerprint density at radius 1 is 1.50 bits per heavy atom. The summed E-state index contributed by atoms with van der Waals surface area (Å²) in [5, 5.41) is 17.9. The van der Waals surface area contributed by atoms with Gasteiger partial charge in [-0.3, -0.25) is 9.69 Å². The van der Waals surface area contributed by atoms with Crippen molar-refractivity contribution in [3.63, 3.8) is 0 Å². The highest BCUT2D eigenvalue weighted by Crippen LogP contribution is 2.13. The molecule has 5 nitrogen and oxygen atoms in total. The monoisotopic (exact) mass is 274 g/mol. The fourth-order valence-corrected chi connectivity index (χ4v) is 2.21. The van der Waals surface area contributed by atoms with Crippen LogP contribution in [-0.2, 0) is 4.74 Å². The van der Waals surface area contributed by atoms with Gasteiger partial charge in [0, 0.05) is 18.2 Å². The summed E-state index contributed by atoms with van der Waals surface area (Å²) in [6.07, 6.45) is -0.222. The minimum absolute atomic E-state index is 0.0138. The van der Waals surface area contributed by atoms with Gasteiger partial charge < -0.3 is 9.84 Å². The highest BCUT2D eigenvalue weighted by molar-refractivity contribution is 5.97. The Morgan fingerprint density at radius 3 is 2.80 bits per heavy atom. The third-order valence-electron chi connectivity index (χ3n) is 3.52. The van der Waals surface area contributed by atoms with Crippen LogP contribution in [-0.4, -0.2) is 54.2 Å². The van der Waals surface area contributed by atoms with Gasteiger partial charge in [-0.2, -0.15) is 5.26 Å². The molecule has 2 unspecified atom stereocenters. The van der Waals surface area contributed by atoms with Gasteiger partial charge in [0.15, 0.2) is 5.78 Å². The standard InChI is InChI=1S/C15H18N2O3/c1-11-10-20-14(9-18)7-17(11)8-15(19)13-4-2-12(6-16)3-5-13/h2-5,11,14,18H,7-10H2,1H3. The molecule has 5 heteroatoms. The molecule has 2 atom stereocenters. The average Bonchev–Trinajstić information content (AvgIpc) is 2.49.